The lowest BCUT2D eigenvalue weighted by Gasteiger charge is -2.51. The summed E-state index contributed by atoms with van der Waals surface area (Å²) in [5, 5.41) is 21.1. The molecule has 1 aromatic heterocycles. The van der Waals surface area contributed by atoms with Crippen molar-refractivity contribution in [2.75, 3.05) is 19.7 Å². The minimum absolute atomic E-state index is 0.293. The van der Waals surface area contributed by atoms with E-state index in [9.17, 15) is 14.6 Å². The molecule has 2 aromatic rings. The number of likely N-dealkylation sites (tertiary alicyclic amines) is 1. The zero-order chi connectivity index (χ0) is 19.9. The number of aryl methyl sites for hydroxylation is 1. The molecule has 2 saturated heterocycles. The zero-order valence-electron chi connectivity index (χ0n) is 16.3. The standard InChI is InChI=1S/C21H27FN2O4/c1-14-17(23-18(28-14)15-5-3-4-6-16(15)22)13-24-10-7-21(8-11-24)19(25)20(2,26)9-12-27-21/h3-6,19,25-26H,7-13H2,1-2H3/t19-,20+/m0/s1. The highest BCUT2D eigenvalue weighted by atomic mass is 19.1. The van der Waals surface area contributed by atoms with Gasteiger partial charge < -0.3 is 19.4 Å². The lowest BCUT2D eigenvalue weighted by atomic mass is 9.75. The van der Waals surface area contributed by atoms with E-state index in [4.69, 9.17) is 9.15 Å². The first-order valence-electron chi connectivity index (χ1n) is 9.79. The summed E-state index contributed by atoms with van der Waals surface area (Å²) >= 11 is 0. The normalized spacial score (nSPS) is 28.0. The van der Waals surface area contributed by atoms with E-state index in [1.54, 1.807) is 25.1 Å². The predicted molar refractivity (Wildman–Crippen MR) is 101 cm³/mol. The highest BCUT2D eigenvalue weighted by Crippen LogP contribution is 2.40. The van der Waals surface area contributed by atoms with E-state index in [1.165, 1.54) is 6.07 Å². The summed E-state index contributed by atoms with van der Waals surface area (Å²) in [7, 11) is 0. The van der Waals surface area contributed by atoms with Crippen molar-refractivity contribution in [3.05, 3.63) is 41.5 Å². The van der Waals surface area contributed by atoms with Crippen LogP contribution in [-0.2, 0) is 11.3 Å². The van der Waals surface area contributed by atoms with Crippen molar-refractivity contribution in [1.82, 2.24) is 9.88 Å². The van der Waals surface area contributed by atoms with Crippen LogP contribution in [0.2, 0.25) is 0 Å². The molecule has 4 rings (SSSR count). The van der Waals surface area contributed by atoms with Crippen molar-refractivity contribution in [1.29, 1.82) is 0 Å². The minimum atomic E-state index is -1.11. The molecule has 2 aliphatic rings. The molecule has 0 aliphatic carbocycles. The Morgan fingerprint density at radius 3 is 2.68 bits per heavy atom. The van der Waals surface area contributed by atoms with Crippen LogP contribution in [0.3, 0.4) is 0 Å². The molecule has 28 heavy (non-hydrogen) atoms. The maximum absolute atomic E-state index is 14.0. The Balaban J connectivity index is 1.44. The summed E-state index contributed by atoms with van der Waals surface area (Å²) in [6.45, 7) is 5.99. The first-order valence-corrected chi connectivity index (χ1v) is 9.79. The summed E-state index contributed by atoms with van der Waals surface area (Å²) in [6.07, 6.45) is 0.830. The molecule has 1 aromatic carbocycles. The Hall–Kier alpha value is -1.80. The van der Waals surface area contributed by atoms with Crippen molar-refractivity contribution in [3.8, 4) is 11.5 Å². The SMILES string of the molecule is Cc1oc(-c2ccccc2F)nc1CN1CCC2(CC1)OCC[C@@](C)(O)[C@@H]2O. The monoisotopic (exact) mass is 390 g/mol. The largest absolute Gasteiger partial charge is 0.441 e. The molecule has 1 spiro atoms. The van der Waals surface area contributed by atoms with Gasteiger partial charge in [0.25, 0.3) is 0 Å². The van der Waals surface area contributed by atoms with Crippen LogP contribution in [-0.4, -0.2) is 57.1 Å². The van der Waals surface area contributed by atoms with E-state index < -0.39 is 17.3 Å². The maximum Gasteiger partial charge on any atom is 0.229 e. The number of aromatic nitrogens is 1. The molecule has 6 nitrogen and oxygen atoms in total. The molecule has 0 unspecified atom stereocenters. The molecule has 2 fully saturated rings. The van der Waals surface area contributed by atoms with Gasteiger partial charge in [0, 0.05) is 26.1 Å². The smallest absolute Gasteiger partial charge is 0.229 e. The number of ether oxygens (including phenoxy) is 1. The van der Waals surface area contributed by atoms with Crippen molar-refractivity contribution in [2.45, 2.75) is 57.0 Å². The molecule has 152 valence electrons. The number of oxazole rings is 1. The third-order valence-corrected chi connectivity index (χ3v) is 6.16. The fraction of sp³-hybridized carbons (Fsp3) is 0.571. The first kappa shape index (κ1) is 19.5. The van der Waals surface area contributed by atoms with E-state index in [2.05, 4.69) is 9.88 Å². The highest BCUT2D eigenvalue weighted by Gasteiger charge is 2.52. The van der Waals surface area contributed by atoms with E-state index in [0.717, 1.165) is 5.69 Å². The Morgan fingerprint density at radius 1 is 1.25 bits per heavy atom. The van der Waals surface area contributed by atoms with Crippen molar-refractivity contribution in [3.63, 3.8) is 0 Å². The summed E-state index contributed by atoms with van der Waals surface area (Å²) < 4.78 is 25.6. The Labute approximate surface area is 163 Å². The number of hydrogen-bond acceptors (Lipinski definition) is 6. The van der Waals surface area contributed by atoms with E-state index >= 15 is 0 Å². The molecular weight excluding hydrogens is 363 g/mol. The molecule has 2 N–H and O–H groups in total. The number of rotatable bonds is 3. The van der Waals surface area contributed by atoms with Gasteiger partial charge in [-0.15, -0.1) is 0 Å². The number of benzene rings is 1. The molecule has 0 saturated carbocycles. The van der Waals surface area contributed by atoms with E-state index in [-0.39, 0.29) is 5.82 Å². The number of halogens is 1. The third-order valence-electron chi connectivity index (χ3n) is 6.16. The fourth-order valence-corrected chi connectivity index (χ4v) is 4.29. The van der Waals surface area contributed by atoms with Crippen LogP contribution in [0, 0.1) is 12.7 Å². The Bertz CT molecular complexity index is 843. The van der Waals surface area contributed by atoms with Gasteiger partial charge in [-0.25, -0.2) is 9.37 Å². The topological polar surface area (TPSA) is 79.0 Å². The van der Waals surface area contributed by atoms with Crippen molar-refractivity contribution < 1.29 is 23.8 Å². The number of piperidine rings is 1. The van der Waals surface area contributed by atoms with Gasteiger partial charge in [0.2, 0.25) is 5.89 Å². The van der Waals surface area contributed by atoms with Crippen LogP contribution < -0.4 is 0 Å². The Kier molecular flexibility index (Phi) is 5.03. The molecule has 3 heterocycles. The summed E-state index contributed by atoms with van der Waals surface area (Å²) in [5.41, 5.74) is -0.658. The third kappa shape index (κ3) is 3.48. The van der Waals surface area contributed by atoms with Crippen molar-refractivity contribution in [2.24, 2.45) is 0 Å². The second kappa shape index (κ2) is 7.22. The van der Waals surface area contributed by atoms with Gasteiger partial charge in [-0.05, 0) is 38.8 Å². The van der Waals surface area contributed by atoms with Gasteiger partial charge in [-0.2, -0.15) is 0 Å². The number of nitrogens with zero attached hydrogens (tertiary/aromatic N) is 2. The average molecular weight is 390 g/mol. The van der Waals surface area contributed by atoms with Crippen LogP contribution in [0.15, 0.2) is 28.7 Å². The fourth-order valence-electron chi connectivity index (χ4n) is 4.29. The first-order chi connectivity index (χ1) is 13.3. The second-order valence-electron chi connectivity index (χ2n) is 8.20. The van der Waals surface area contributed by atoms with Crippen LogP contribution in [0.4, 0.5) is 4.39 Å². The van der Waals surface area contributed by atoms with Gasteiger partial charge in [0.05, 0.1) is 29.1 Å². The quantitative estimate of drug-likeness (QED) is 0.839. The van der Waals surface area contributed by atoms with Crippen LogP contribution in [0.1, 0.15) is 37.6 Å². The molecule has 7 heteroatoms. The van der Waals surface area contributed by atoms with Gasteiger partial charge in [-0.3, -0.25) is 4.90 Å². The van der Waals surface area contributed by atoms with E-state index in [1.807, 2.05) is 6.92 Å². The summed E-state index contributed by atoms with van der Waals surface area (Å²) in [6, 6.07) is 6.44. The highest BCUT2D eigenvalue weighted by molar-refractivity contribution is 5.54. The lowest BCUT2D eigenvalue weighted by molar-refractivity contribution is -0.246. The molecule has 0 bridgehead atoms. The molecule has 2 aliphatic heterocycles. The number of aliphatic hydroxyl groups is 2. The van der Waals surface area contributed by atoms with Crippen LogP contribution in [0.5, 0.6) is 0 Å². The number of aliphatic hydroxyl groups excluding tert-OH is 1. The van der Waals surface area contributed by atoms with Gasteiger partial charge in [-0.1, -0.05) is 12.1 Å². The van der Waals surface area contributed by atoms with Gasteiger partial charge in [0.1, 0.15) is 17.7 Å². The predicted octanol–water partition coefficient (Wildman–Crippen LogP) is 2.66. The molecule has 0 amide bonds. The zero-order valence-corrected chi connectivity index (χ0v) is 16.3. The van der Waals surface area contributed by atoms with Crippen LogP contribution >= 0.6 is 0 Å². The average Bonchev–Trinajstić information content (AvgIpc) is 3.02. The number of hydrogen-bond donors (Lipinski definition) is 2. The lowest BCUT2D eigenvalue weighted by Crippen LogP contribution is -2.64. The van der Waals surface area contributed by atoms with Crippen molar-refractivity contribution >= 4 is 0 Å². The van der Waals surface area contributed by atoms with Gasteiger partial charge in [0.15, 0.2) is 0 Å². The second-order valence-corrected chi connectivity index (χ2v) is 8.20. The van der Waals surface area contributed by atoms with Crippen LogP contribution in [0.25, 0.3) is 11.5 Å². The molecule has 2 atom stereocenters. The van der Waals surface area contributed by atoms with E-state index in [0.29, 0.717) is 62.7 Å². The maximum atomic E-state index is 14.0. The minimum Gasteiger partial charge on any atom is -0.441 e. The molecular formula is C21H27FN2O4. The molecule has 0 radical (unpaired) electrons. The summed E-state index contributed by atoms with van der Waals surface area (Å²) in [4.78, 5) is 6.73. The van der Waals surface area contributed by atoms with Gasteiger partial charge >= 0.3 is 0 Å². The summed E-state index contributed by atoms with van der Waals surface area (Å²) in [5.74, 6) is 0.613. The Morgan fingerprint density at radius 2 is 1.96 bits per heavy atom.